The lowest BCUT2D eigenvalue weighted by Crippen LogP contribution is -2.33. The molecular formula is C13H17ClFNO2. The largest absolute Gasteiger partial charge is 0.486 e. The lowest BCUT2D eigenvalue weighted by molar-refractivity contribution is 0.0481. The highest BCUT2D eigenvalue weighted by atomic mass is 35.5. The van der Waals surface area contributed by atoms with Gasteiger partial charge in [-0.25, -0.2) is 4.39 Å². The summed E-state index contributed by atoms with van der Waals surface area (Å²) in [7, 11) is 1.63. The SMILES string of the molecule is COC[C@H](Oc1cccc(F)c1Cl)[C@H]1CCNC1. The van der Waals surface area contributed by atoms with Crippen molar-refractivity contribution in [2.24, 2.45) is 5.92 Å². The summed E-state index contributed by atoms with van der Waals surface area (Å²) in [6.45, 7) is 2.34. The molecule has 0 aromatic heterocycles. The van der Waals surface area contributed by atoms with E-state index in [2.05, 4.69) is 5.32 Å². The zero-order valence-corrected chi connectivity index (χ0v) is 11.0. The third-order valence-corrected chi connectivity index (χ3v) is 3.52. The van der Waals surface area contributed by atoms with E-state index in [1.165, 1.54) is 6.07 Å². The maximum atomic E-state index is 13.3. The summed E-state index contributed by atoms with van der Waals surface area (Å²) in [5.41, 5.74) is 0. The topological polar surface area (TPSA) is 30.5 Å². The van der Waals surface area contributed by atoms with Crippen molar-refractivity contribution >= 4 is 11.6 Å². The van der Waals surface area contributed by atoms with E-state index in [1.54, 1.807) is 19.2 Å². The molecule has 1 fully saturated rings. The van der Waals surface area contributed by atoms with Crippen LogP contribution in [0.15, 0.2) is 18.2 Å². The van der Waals surface area contributed by atoms with Crippen LogP contribution in [0.5, 0.6) is 5.75 Å². The molecular weight excluding hydrogens is 257 g/mol. The van der Waals surface area contributed by atoms with E-state index in [1.807, 2.05) is 0 Å². The average molecular weight is 274 g/mol. The van der Waals surface area contributed by atoms with E-state index in [0.29, 0.717) is 18.3 Å². The molecule has 3 nitrogen and oxygen atoms in total. The third-order valence-electron chi connectivity index (χ3n) is 3.15. The molecule has 0 radical (unpaired) electrons. The molecule has 2 rings (SSSR count). The predicted octanol–water partition coefficient (Wildman–Crippen LogP) is 2.48. The molecule has 1 aromatic rings. The summed E-state index contributed by atoms with van der Waals surface area (Å²) in [5, 5.41) is 3.31. The average Bonchev–Trinajstić information content (AvgIpc) is 2.88. The number of methoxy groups -OCH3 is 1. The van der Waals surface area contributed by atoms with Crippen LogP contribution in [-0.4, -0.2) is 32.9 Å². The number of halogens is 2. The van der Waals surface area contributed by atoms with Crippen molar-refractivity contribution in [3.8, 4) is 5.75 Å². The number of benzene rings is 1. The number of hydrogen-bond acceptors (Lipinski definition) is 3. The van der Waals surface area contributed by atoms with E-state index in [4.69, 9.17) is 21.1 Å². The molecule has 18 heavy (non-hydrogen) atoms. The Morgan fingerprint density at radius 1 is 1.56 bits per heavy atom. The molecule has 1 aliphatic rings. The Morgan fingerprint density at radius 3 is 3.06 bits per heavy atom. The Labute approximate surface area is 111 Å². The van der Waals surface area contributed by atoms with Gasteiger partial charge in [-0.2, -0.15) is 0 Å². The maximum Gasteiger partial charge on any atom is 0.145 e. The monoisotopic (exact) mass is 273 g/mol. The first-order chi connectivity index (χ1) is 8.72. The quantitative estimate of drug-likeness (QED) is 0.894. The van der Waals surface area contributed by atoms with Crippen molar-refractivity contribution in [1.29, 1.82) is 0 Å². The summed E-state index contributed by atoms with van der Waals surface area (Å²) < 4.78 is 24.3. The number of nitrogens with one attached hydrogen (secondary N) is 1. The van der Waals surface area contributed by atoms with E-state index < -0.39 is 5.82 Å². The predicted molar refractivity (Wildman–Crippen MR) is 68.7 cm³/mol. The second-order valence-electron chi connectivity index (χ2n) is 4.42. The first kappa shape index (κ1) is 13.6. The highest BCUT2D eigenvalue weighted by Gasteiger charge is 2.27. The Kier molecular flexibility index (Phi) is 4.80. The summed E-state index contributed by atoms with van der Waals surface area (Å²) in [6.07, 6.45) is 0.922. The highest BCUT2D eigenvalue weighted by Crippen LogP contribution is 2.29. The van der Waals surface area contributed by atoms with Gasteiger partial charge in [0.05, 0.1) is 6.61 Å². The third kappa shape index (κ3) is 3.13. The minimum atomic E-state index is -0.463. The fraction of sp³-hybridized carbons (Fsp3) is 0.538. The van der Waals surface area contributed by atoms with Gasteiger partial charge in [0.2, 0.25) is 0 Å². The van der Waals surface area contributed by atoms with Crippen LogP contribution in [0.3, 0.4) is 0 Å². The van der Waals surface area contributed by atoms with E-state index in [9.17, 15) is 4.39 Å². The molecule has 5 heteroatoms. The van der Waals surface area contributed by atoms with Crippen molar-refractivity contribution in [2.45, 2.75) is 12.5 Å². The van der Waals surface area contributed by atoms with Gasteiger partial charge >= 0.3 is 0 Å². The van der Waals surface area contributed by atoms with Gasteiger partial charge in [0.25, 0.3) is 0 Å². The van der Waals surface area contributed by atoms with Gasteiger partial charge in [-0.3, -0.25) is 0 Å². The van der Waals surface area contributed by atoms with Gasteiger partial charge in [-0.15, -0.1) is 0 Å². The standard InChI is InChI=1S/C13H17ClFNO2/c1-17-8-12(9-5-6-16-7-9)18-11-4-2-3-10(15)13(11)14/h2-4,9,12,16H,5-8H2,1H3/t9-,12-/m0/s1. The molecule has 2 atom stereocenters. The molecule has 0 spiro atoms. The Balaban J connectivity index is 2.10. The van der Waals surface area contributed by atoms with Gasteiger partial charge in [0.1, 0.15) is 22.7 Å². The molecule has 1 N–H and O–H groups in total. The van der Waals surface area contributed by atoms with Gasteiger partial charge < -0.3 is 14.8 Å². The normalized spacial score (nSPS) is 20.9. The Morgan fingerprint density at radius 2 is 2.39 bits per heavy atom. The van der Waals surface area contributed by atoms with E-state index >= 15 is 0 Å². The number of hydrogen-bond donors (Lipinski definition) is 1. The molecule has 1 heterocycles. The fourth-order valence-corrected chi connectivity index (χ4v) is 2.33. The van der Waals surface area contributed by atoms with Crippen molar-refractivity contribution in [1.82, 2.24) is 5.32 Å². The minimum Gasteiger partial charge on any atom is -0.486 e. The molecule has 0 aliphatic carbocycles. The van der Waals surface area contributed by atoms with Crippen molar-refractivity contribution in [2.75, 3.05) is 26.8 Å². The summed E-state index contributed by atoms with van der Waals surface area (Å²) in [5.74, 6) is 0.282. The van der Waals surface area contributed by atoms with Gasteiger partial charge in [-0.05, 0) is 25.1 Å². The first-order valence-electron chi connectivity index (χ1n) is 6.02. The smallest absolute Gasteiger partial charge is 0.145 e. The zero-order valence-electron chi connectivity index (χ0n) is 10.3. The molecule has 0 bridgehead atoms. The van der Waals surface area contributed by atoms with Gasteiger partial charge in [-0.1, -0.05) is 17.7 Å². The van der Waals surface area contributed by atoms with Crippen LogP contribution in [0.1, 0.15) is 6.42 Å². The van der Waals surface area contributed by atoms with E-state index in [-0.39, 0.29) is 11.1 Å². The van der Waals surface area contributed by atoms with Crippen LogP contribution < -0.4 is 10.1 Å². The van der Waals surface area contributed by atoms with Crippen molar-refractivity contribution < 1.29 is 13.9 Å². The molecule has 0 amide bonds. The van der Waals surface area contributed by atoms with Crippen LogP contribution >= 0.6 is 11.6 Å². The fourth-order valence-electron chi connectivity index (χ4n) is 2.16. The van der Waals surface area contributed by atoms with Crippen molar-refractivity contribution in [3.05, 3.63) is 29.0 Å². The van der Waals surface area contributed by atoms with Gasteiger partial charge in [0.15, 0.2) is 0 Å². The Hall–Kier alpha value is -0.840. The molecule has 0 saturated carbocycles. The summed E-state index contributed by atoms with van der Waals surface area (Å²) in [4.78, 5) is 0. The van der Waals surface area contributed by atoms with Crippen LogP contribution in [0.25, 0.3) is 0 Å². The maximum absolute atomic E-state index is 13.3. The lowest BCUT2D eigenvalue weighted by atomic mass is 10.0. The second-order valence-corrected chi connectivity index (χ2v) is 4.79. The molecule has 100 valence electrons. The second kappa shape index (κ2) is 6.36. The zero-order chi connectivity index (χ0) is 13.0. The number of rotatable bonds is 5. The van der Waals surface area contributed by atoms with Crippen LogP contribution in [0.4, 0.5) is 4.39 Å². The lowest BCUT2D eigenvalue weighted by Gasteiger charge is -2.24. The van der Waals surface area contributed by atoms with Gasteiger partial charge in [0, 0.05) is 19.6 Å². The van der Waals surface area contributed by atoms with Crippen LogP contribution in [0, 0.1) is 11.7 Å². The molecule has 1 aromatic carbocycles. The molecule has 0 unspecified atom stereocenters. The minimum absolute atomic E-state index is 0.0320. The van der Waals surface area contributed by atoms with E-state index in [0.717, 1.165) is 19.5 Å². The first-order valence-corrected chi connectivity index (χ1v) is 6.40. The van der Waals surface area contributed by atoms with Crippen LogP contribution in [0.2, 0.25) is 5.02 Å². The Bertz CT molecular complexity index is 397. The summed E-state index contributed by atoms with van der Waals surface area (Å²) >= 11 is 5.89. The highest BCUT2D eigenvalue weighted by molar-refractivity contribution is 6.32. The summed E-state index contributed by atoms with van der Waals surface area (Å²) in [6, 6.07) is 4.58. The van der Waals surface area contributed by atoms with Crippen molar-refractivity contribution in [3.63, 3.8) is 0 Å². The number of ether oxygens (including phenoxy) is 2. The molecule has 1 saturated heterocycles. The molecule has 1 aliphatic heterocycles. The van der Waals surface area contributed by atoms with Crippen LogP contribution in [-0.2, 0) is 4.74 Å².